The molecule has 0 aliphatic rings. The van der Waals surface area contributed by atoms with Gasteiger partial charge in [0.15, 0.2) is 5.82 Å². The normalized spacial score (nSPS) is 11.3. The Morgan fingerprint density at radius 1 is 1.36 bits per heavy atom. The summed E-state index contributed by atoms with van der Waals surface area (Å²) in [5, 5.41) is 16.0. The Hall–Kier alpha value is -2.28. The van der Waals surface area contributed by atoms with Gasteiger partial charge in [-0.3, -0.25) is 10.1 Å². The van der Waals surface area contributed by atoms with Gasteiger partial charge in [-0.1, -0.05) is 42.9 Å². The number of rotatable bonds is 4. The first-order valence-electron chi connectivity index (χ1n) is 7.12. The highest BCUT2D eigenvalue weighted by Crippen LogP contribution is 2.20. The summed E-state index contributed by atoms with van der Waals surface area (Å²) in [6.07, 6.45) is 0.802. The van der Waals surface area contributed by atoms with E-state index in [9.17, 15) is 4.79 Å². The fourth-order valence-electron chi connectivity index (χ4n) is 2.16. The summed E-state index contributed by atoms with van der Waals surface area (Å²) in [6.45, 7) is 6.19. The molecule has 6 nitrogen and oxygen atoms in total. The lowest BCUT2D eigenvalue weighted by Crippen LogP contribution is -2.12. The van der Waals surface area contributed by atoms with Gasteiger partial charge in [-0.25, -0.2) is 0 Å². The molecule has 1 amide bonds. The maximum Gasteiger partial charge on any atom is 0.257 e. The average Bonchev–Trinajstić information content (AvgIpc) is 3.00. The van der Waals surface area contributed by atoms with Crippen molar-refractivity contribution in [3.63, 3.8) is 0 Å². The van der Waals surface area contributed by atoms with Gasteiger partial charge >= 0.3 is 0 Å². The molecular weight excluding hydrogens is 298 g/mol. The van der Waals surface area contributed by atoms with E-state index in [4.69, 9.17) is 0 Å². The fraction of sp³-hybridized carbons (Fsp3) is 0.333. The molecule has 22 heavy (non-hydrogen) atoms. The average molecular weight is 315 g/mol. The van der Waals surface area contributed by atoms with E-state index >= 15 is 0 Å². The molecule has 0 fully saturated rings. The van der Waals surface area contributed by atoms with Crippen LogP contribution in [0.15, 0.2) is 24.3 Å². The summed E-state index contributed by atoms with van der Waals surface area (Å²) < 4.78 is 1.70. The third-order valence-electron chi connectivity index (χ3n) is 3.15. The highest BCUT2D eigenvalue weighted by molar-refractivity contribution is 7.20. The molecule has 1 aromatic carbocycles. The van der Waals surface area contributed by atoms with Gasteiger partial charge in [0.25, 0.3) is 5.91 Å². The van der Waals surface area contributed by atoms with Crippen molar-refractivity contribution in [3.8, 4) is 0 Å². The van der Waals surface area contributed by atoms with Crippen LogP contribution in [0.5, 0.6) is 0 Å². The zero-order chi connectivity index (χ0) is 15.7. The Morgan fingerprint density at radius 3 is 2.91 bits per heavy atom. The molecule has 0 saturated carbocycles. The smallest absolute Gasteiger partial charge is 0.257 e. The molecule has 0 spiro atoms. The van der Waals surface area contributed by atoms with Crippen molar-refractivity contribution >= 4 is 27.3 Å². The Labute approximate surface area is 132 Å². The van der Waals surface area contributed by atoms with Crippen LogP contribution < -0.4 is 5.32 Å². The van der Waals surface area contributed by atoms with Gasteiger partial charge in [-0.2, -0.15) is 4.52 Å². The number of carbonyl (C=O) groups excluding carboxylic acids is 1. The quantitative estimate of drug-likeness (QED) is 0.803. The molecule has 2 aromatic heterocycles. The zero-order valence-electron chi connectivity index (χ0n) is 12.7. The SMILES string of the molecule is Cc1cccc(C(=O)Nc2nn3c(CC(C)C)nnc3s2)c1. The van der Waals surface area contributed by atoms with E-state index in [1.165, 1.54) is 11.3 Å². The lowest BCUT2D eigenvalue weighted by molar-refractivity contribution is 0.102. The van der Waals surface area contributed by atoms with Gasteiger partial charge in [-0.15, -0.1) is 15.3 Å². The summed E-state index contributed by atoms with van der Waals surface area (Å²) in [6, 6.07) is 7.45. The highest BCUT2D eigenvalue weighted by atomic mass is 32.1. The predicted molar refractivity (Wildman–Crippen MR) is 86.3 cm³/mol. The van der Waals surface area contributed by atoms with Crippen molar-refractivity contribution in [2.24, 2.45) is 5.92 Å². The van der Waals surface area contributed by atoms with Crippen LogP contribution in [0.2, 0.25) is 0 Å². The van der Waals surface area contributed by atoms with Crippen LogP contribution in [0.25, 0.3) is 4.96 Å². The lowest BCUT2D eigenvalue weighted by atomic mass is 10.1. The first kappa shape index (κ1) is 14.6. The second kappa shape index (κ2) is 5.84. The number of carbonyl (C=O) groups is 1. The zero-order valence-corrected chi connectivity index (χ0v) is 13.5. The van der Waals surface area contributed by atoms with Crippen molar-refractivity contribution in [1.82, 2.24) is 19.8 Å². The van der Waals surface area contributed by atoms with Crippen molar-refractivity contribution in [1.29, 1.82) is 0 Å². The van der Waals surface area contributed by atoms with Gasteiger partial charge in [-0.05, 0) is 25.0 Å². The first-order chi connectivity index (χ1) is 10.5. The number of hydrogen-bond acceptors (Lipinski definition) is 5. The number of benzene rings is 1. The summed E-state index contributed by atoms with van der Waals surface area (Å²) in [7, 11) is 0. The lowest BCUT2D eigenvalue weighted by Gasteiger charge is -2.02. The second-order valence-electron chi connectivity index (χ2n) is 5.64. The number of aromatic nitrogens is 4. The van der Waals surface area contributed by atoms with Gasteiger partial charge in [0.2, 0.25) is 10.1 Å². The van der Waals surface area contributed by atoms with Crippen molar-refractivity contribution in [2.45, 2.75) is 27.2 Å². The van der Waals surface area contributed by atoms with Crippen LogP contribution >= 0.6 is 11.3 Å². The summed E-state index contributed by atoms with van der Waals surface area (Å²) in [4.78, 5) is 12.9. The summed E-state index contributed by atoms with van der Waals surface area (Å²) in [5.74, 6) is 1.12. The number of fused-ring (bicyclic) bond motifs is 1. The second-order valence-corrected chi connectivity index (χ2v) is 6.60. The van der Waals surface area contributed by atoms with Crippen LogP contribution in [0, 0.1) is 12.8 Å². The molecule has 0 aliphatic heterocycles. The van der Waals surface area contributed by atoms with E-state index in [0.29, 0.717) is 21.6 Å². The molecule has 0 bridgehead atoms. The van der Waals surface area contributed by atoms with E-state index in [1.807, 2.05) is 25.1 Å². The molecule has 1 N–H and O–H groups in total. The summed E-state index contributed by atoms with van der Waals surface area (Å²) >= 11 is 1.32. The number of amides is 1. The fourth-order valence-corrected chi connectivity index (χ4v) is 2.91. The molecule has 7 heteroatoms. The molecule has 3 rings (SSSR count). The highest BCUT2D eigenvalue weighted by Gasteiger charge is 2.15. The largest absolute Gasteiger partial charge is 0.296 e. The van der Waals surface area contributed by atoms with Crippen LogP contribution in [0.4, 0.5) is 5.13 Å². The molecule has 3 aromatic rings. The van der Waals surface area contributed by atoms with Crippen LogP contribution in [0.3, 0.4) is 0 Å². The standard InChI is InChI=1S/C15H17N5OS/c1-9(2)7-12-17-18-15-20(12)19-14(22-15)16-13(21)11-6-4-5-10(3)8-11/h4-6,8-9H,7H2,1-3H3,(H,16,19,21). The van der Waals surface area contributed by atoms with Gasteiger partial charge in [0.05, 0.1) is 0 Å². The third-order valence-corrected chi connectivity index (χ3v) is 3.96. The van der Waals surface area contributed by atoms with E-state index in [1.54, 1.807) is 10.6 Å². The molecule has 0 saturated heterocycles. The minimum absolute atomic E-state index is 0.168. The Balaban J connectivity index is 1.82. The molecule has 2 heterocycles. The van der Waals surface area contributed by atoms with E-state index in [-0.39, 0.29) is 5.91 Å². The Bertz CT molecular complexity index is 820. The molecular formula is C15H17N5OS. The van der Waals surface area contributed by atoms with E-state index in [2.05, 4.69) is 34.5 Å². The van der Waals surface area contributed by atoms with Crippen molar-refractivity contribution in [3.05, 3.63) is 41.2 Å². The Kier molecular flexibility index (Phi) is 3.89. The van der Waals surface area contributed by atoms with Crippen molar-refractivity contribution in [2.75, 3.05) is 5.32 Å². The Morgan fingerprint density at radius 2 is 2.18 bits per heavy atom. The molecule has 0 unspecified atom stereocenters. The van der Waals surface area contributed by atoms with E-state index < -0.39 is 0 Å². The number of aryl methyl sites for hydroxylation is 1. The summed E-state index contributed by atoms with van der Waals surface area (Å²) in [5.41, 5.74) is 1.67. The number of nitrogens with one attached hydrogen (secondary N) is 1. The predicted octanol–water partition coefficient (Wildman–Crippen LogP) is 2.95. The van der Waals surface area contributed by atoms with Crippen molar-refractivity contribution < 1.29 is 4.79 Å². The maximum atomic E-state index is 12.2. The van der Waals surface area contributed by atoms with Crippen LogP contribution in [-0.2, 0) is 6.42 Å². The van der Waals surface area contributed by atoms with Gasteiger partial charge in [0, 0.05) is 12.0 Å². The topological polar surface area (TPSA) is 72.2 Å². The van der Waals surface area contributed by atoms with Crippen LogP contribution in [0.1, 0.15) is 35.6 Å². The van der Waals surface area contributed by atoms with Crippen LogP contribution in [-0.4, -0.2) is 25.7 Å². The number of anilines is 1. The molecule has 0 atom stereocenters. The minimum atomic E-state index is -0.168. The number of nitrogens with zero attached hydrogens (tertiary/aromatic N) is 4. The van der Waals surface area contributed by atoms with E-state index in [0.717, 1.165) is 17.8 Å². The molecule has 114 valence electrons. The van der Waals surface area contributed by atoms with Gasteiger partial charge < -0.3 is 0 Å². The number of hydrogen-bond donors (Lipinski definition) is 1. The third kappa shape index (κ3) is 2.99. The monoisotopic (exact) mass is 315 g/mol. The van der Waals surface area contributed by atoms with Gasteiger partial charge in [0.1, 0.15) is 0 Å². The first-order valence-corrected chi connectivity index (χ1v) is 7.93. The molecule has 0 aliphatic carbocycles. The molecule has 0 radical (unpaired) electrons. The maximum absolute atomic E-state index is 12.2. The minimum Gasteiger partial charge on any atom is -0.296 e.